The summed E-state index contributed by atoms with van der Waals surface area (Å²) < 4.78 is 28.8. The maximum Gasteiger partial charge on any atom is 0.272 e. The zero-order valence-corrected chi connectivity index (χ0v) is 9.66. The van der Waals surface area contributed by atoms with Gasteiger partial charge in [0.15, 0.2) is 0 Å². The van der Waals surface area contributed by atoms with Gasteiger partial charge in [-0.05, 0) is 49.5 Å². The molecule has 94 valence electrons. The van der Waals surface area contributed by atoms with Gasteiger partial charge in [-0.15, -0.1) is 0 Å². The fourth-order valence-electron chi connectivity index (χ4n) is 2.10. The Morgan fingerprint density at radius 3 is 2.65 bits per heavy atom. The predicted molar refractivity (Wildman–Crippen MR) is 62.6 cm³/mol. The molecule has 2 nitrogen and oxygen atoms in total. The summed E-state index contributed by atoms with van der Waals surface area (Å²) in [5.74, 6) is 1.21. The first-order valence-electron chi connectivity index (χ1n) is 5.94. The Kier molecular flexibility index (Phi) is 4.31. The second kappa shape index (κ2) is 5.96. The van der Waals surface area contributed by atoms with Crippen molar-refractivity contribution in [2.75, 3.05) is 19.7 Å². The minimum absolute atomic E-state index is 0.513. The molecule has 1 fully saturated rings. The molecular weight excluding hydrogens is 224 g/mol. The van der Waals surface area contributed by atoms with Gasteiger partial charge in [-0.25, -0.2) is 8.78 Å². The van der Waals surface area contributed by atoms with Crippen molar-refractivity contribution >= 4 is 0 Å². The lowest BCUT2D eigenvalue weighted by atomic mass is 9.99. The van der Waals surface area contributed by atoms with Crippen LogP contribution >= 0.6 is 0 Å². The number of halogens is 2. The molecule has 1 heterocycles. The minimum Gasteiger partial charge on any atom is -0.488 e. The molecule has 1 atom stereocenters. The number of nitrogens with one attached hydrogen (secondary N) is 1. The van der Waals surface area contributed by atoms with E-state index in [9.17, 15) is 8.78 Å². The van der Waals surface area contributed by atoms with Crippen molar-refractivity contribution in [3.05, 3.63) is 29.8 Å². The average molecular weight is 241 g/mol. The molecule has 17 heavy (non-hydrogen) atoms. The number of hydrogen-bond donors (Lipinski definition) is 1. The van der Waals surface area contributed by atoms with Crippen LogP contribution in [0.5, 0.6) is 5.75 Å². The third-order valence-corrected chi connectivity index (χ3v) is 2.99. The minimum atomic E-state index is -2.42. The molecule has 1 saturated heterocycles. The van der Waals surface area contributed by atoms with Crippen molar-refractivity contribution in [2.45, 2.75) is 19.3 Å². The van der Waals surface area contributed by atoms with Gasteiger partial charge in [0.05, 0.1) is 0 Å². The van der Waals surface area contributed by atoms with Gasteiger partial charge in [0, 0.05) is 0 Å². The van der Waals surface area contributed by atoms with Crippen molar-refractivity contribution in [3.63, 3.8) is 0 Å². The van der Waals surface area contributed by atoms with Gasteiger partial charge >= 0.3 is 0 Å². The lowest BCUT2D eigenvalue weighted by Gasteiger charge is -2.09. The summed E-state index contributed by atoms with van der Waals surface area (Å²) in [6.07, 6.45) is -0.162. The Morgan fingerprint density at radius 2 is 2.06 bits per heavy atom. The average Bonchev–Trinajstić information content (AvgIpc) is 2.81. The highest BCUT2D eigenvalue weighted by molar-refractivity contribution is 5.27. The Balaban J connectivity index is 1.84. The Hall–Kier alpha value is -1.16. The molecule has 2 rings (SSSR count). The first-order chi connectivity index (χ1) is 8.24. The van der Waals surface area contributed by atoms with Crippen LogP contribution in [0.25, 0.3) is 0 Å². The van der Waals surface area contributed by atoms with Crippen LogP contribution in [0.1, 0.15) is 12.0 Å². The number of hydrogen-bond acceptors (Lipinski definition) is 2. The highest BCUT2D eigenvalue weighted by atomic mass is 19.3. The van der Waals surface area contributed by atoms with Crippen LogP contribution in [0.15, 0.2) is 24.3 Å². The van der Waals surface area contributed by atoms with E-state index in [0.717, 1.165) is 19.5 Å². The lowest BCUT2D eigenvalue weighted by Crippen LogP contribution is -2.10. The van der Waals surface area contributed by atoms with Gasteiger partial charge in [-0.1, -0.05) is 12.1 Å². The van der Waals surface area contributed by atoms with Gasteiger partial charge in [-0.3, -0.25) is 0 Å². The fraction of sp³-hybridized carbons (Fsp3) is 0.538. The van der Waals surface area contributed by atoms with E-state index in [1.807, 2.05) is 12.1 Å². The quantitative estimate of drug-likeness (QED) is 0.855. The number of ether oxygens (including phenoxy) is 1. The summed E-state index contributed by atoms with van der Waals surface area (Å²) in [6.45, 7) is 1.63. The van der Waals surface area contributed by atoms with Crippen molar-refractivity contribution < 1.29 is 13.5 Å². The highest BCUT2D eigenvalue weighted by Gasteiger charge is 2.14. The van der Waals surface area contributed by atoms with Gasteiger partial charge < -0.3 is 10.1 Å². The maximum absolute atomic E-state index is 11.9. The Morgan fingerprint density at radius 1 is 1.29 bits per heavy atom. The smallest absolute Gasteiger partial charge is 0.272 e. The van der Waals surface area contributed by atoms with Gasteiger partial charge in [-0.2, -0.15) is 0 Å². The summed E-state index contributed by atoms with van der Waals surface area (Å²) >= 11 is 0. The molecule has 0 aromatic heterocycles. The summed E-state index contributed by atoms with van der Waals surface area (Å²) in [7, 11) is 0. The van der Waals surface area contributed by atoms with Gasteiger partial charge in [0.2, 0.25) is 0 Å². The summed E-state index contributed by atoms with van der Waals surface area (Å²) in [5, 5.41) is 3.33. The van der Waals surface area contributed by atoms with Crippen LogP contribution in [0.4, 0.5) is 8.78 Å². The molecule has 1 unspecified atom stereocenters. The van der Waals surface area contributed by atoms with Crippen LogP contribution in [-0.4, -0.2) is 26.1 Å². The largest absolute Gasteiger partial charge is 0.488 e. The topological polar surface area (TPSA) is 21.3 Å². The Bertz CT molecular complexity index is 334. The molecule has 0 amide bonds. The molecule has 0 saturated carbocycles. The number of alkyl halides is 2. The standard InChI is InChI=1S/C13H17F2NO/c14-13(15)9-17-12-3-1-10(2-4-12)7-11-5-6-16-8-11/h1-4,11,13,16H,5-9H2. The fourth-order valence-corrected chi connectivity index (χ4v) is 2.10. The molecule has 1 aliphatic rings. The summed E-state index contributed by atoms with van der Waals surface area (Å²) in [5.41, 5.74) is 1.24. The van der Waals surface area contributed by atoms with Crippen LogP contribution in [0.3, 0.4) is 0 Å². The monoisotopic (exact) mass is 241 g/mol. The normalized spacial score (nSPS) is 19.8. The molecule has 1 aromatic rings. The summed E-state index contributed by atoms with van der Waals surface area (Å²) in [6, 6.07) is 7.44. The van der Waals surface area contributed by atoms with E-state index in [4.69, 9.17) is 4.74 Å². The highest BCUT2D eigenvalue weighted by Crippen LogP contribution is 2.18. The van der Waals surface area contributed by atoms with E-state index in [1.165, 1.54) is 12.0 Å². The SMILES string of the molecule is FC(F)COc1ccc(CC2CCNC2)cc1. The van der Waals surface area contributed by atoms with E-state index in [0.29, 0.717) is 11.7 Å². The molecule has 1 N–H and O–H groups in total. The first-order valence-corrected chi connectivity index (χ1v) is 5.94. The molecule has 0 aliphatic carbocycles. The van der Waals surface area contributed by atoms with E-state index in [1.54, 1.807) is 12.1 Å². The first kappa shape index (κ1) is 12.3. The number of benzene rings is 1. The summed E-state index contributed by atoms with van der Waals surface area (Å²) in [4.78, 5) is 0. The molecule has 0 bridgehead atoms. The van der Waals surface area contributed by atoms with Crippen LogP contribution in [0, 0.1) is 5.92 Å². The zero-order chi connectivity index (χ0) is 12.1. The molecule has 1 aliphatic heterocycles. The molecule has 4 heteroatoms. The van der Waals surface area contributed by atoms with Crippen LogP contribution in [-0.2, 0) is 6.42 Å². The van der Waals surface area contributed by atoms with E-state index < -0.39 is 13.0 Å². The zero-order valence-electron chi connectivity index (χ0n) is 9.66. The van der Waals surface area contributed by atoms with Crippen molar-refractivity contribution in [3.8, 4) is 5.75 Å². The molecule has 1 aromatic carbocycles. The molecular formula is C13H17F2NO. The van der Waals surface area contributed by atoms with E-state index in [2.05, 4.69) is 5.32 Å². The predicted octanol–water partition coefficient (Wildman–Crippen LogP) is 2.48. The molecule has 0 spiro atoms. The van der Waals surface area contributed by atoms with Gasteiger partial charge in [0.1, 0.15) is 12.4 Å². The lowest BCUT2D eigenvalue weighted by molar-refractivity contribution is 0.0819. The van der Waals surface area contributed by atoms with E-state index in [-0.39, 0.29) is 0 Å². The second-order valence-corrected chi connectivity index (χ2v) is 4.41. The Labute approximate surface area is 100.0 Å². The molecule has 0 radical (unpaired) electrons. The van der Waals surface area contributed by atoms with Crippen molar-refractivity contribution in [1.82, 2.24) is 5.32 Å². The van der Waals surface area contributed by atoms with Crippen LogP contribution < -0.4 is 10.1 Å². The third kappa shape index (κ3) is 3.97. The van der Waals surface area contributed by atoms with Crippen LogP contribution in [0.2, 0.25) is 0 Å². The van der Waals surface area contributed by atoms with Crippen molar-refractivity contribution in [1.29, 1.82) is 0 Å². The number of rotatable bonds is 5. The third-order valence-electron chi connectivity index (χ3n) is 2.99. The maximum atomic E-state index is 11.9. The van der Waals surface area contributed by atoms with Crippen molar-refractivity contribution in [2.24, 2.45) is 5.92 Å². The van der Waals surface area contributed by atoms with E-state index >= 15 is 0 Å². The van der Waals surface area contributed by atoms with Gasteiger partial charge in [0.25, 0.3) is 6.43 Å². The second-order valence-electron chi connectivity index (χ2n) is 4.41.